The van der Waals surface area contributed by atoms with Gasteiger partial charge in [-0.2, -0.15) is 5.26 Å². The molecule has 0 bridgehead atoms. The number of hydrogen-bond donors (Lipinski definition) is 2. The zero-order chi connectivity index (χ0) is 17.4. The standard InChI is InChI=1S/C17H20N2O4S/c18-10-13-1-3-14(4-2-13)11-24-12-15(20)19-17(9-16(21)22)5-7-23-8-6-17/h1-4H,5-9,11-12H2,(H,19,20)(H,21,22). The number of carbonyl (C=O) groups is 2. The van der Waals surface area contributed by atoms with Crippen LogP contribution in [0.4, 0.5) is 0 Å². The number of nitriles is 1. The second-order valence-electron chi connectivity index (χ2n) is 5.81. The third-order valence-corrected chi connectivity index (χ3v) is 4.93. The number of benzene rings is 1. The summed E-state index contributed by atoms with van der Waals surface area (Å²) in [5.74, 6) is -0.143. The van der Waals surface area contributed by atoms with Crippen LogP contribution in [0.2, 0.25) is 0 Å². The summed E-state index contributed by atoms with van der Waals surface area (Å²) < 4.78 is 5.27. The molecule has 1 aromatic carbocycles. The summed E-state index contributed by atoms with van der Waals surface area (Å²) in [5, 5.41) is 20.8. The summed E-state index contributed by atoms with van der Waals surface area (Å²) in [6.45, 7) is 0.928. The number of nitrogens with one attached hydrogen (secondary N) is 1. The lowest BCUT2D eigenvalue weighted by atomic mass is 9.86. The van der Waals surface area contributed by atoms with Crippen LogP contribution in [0.25, 0.3) is 0 Å². The van der Waals surface area contributed by atoms with Gasteiger partial charge in [0, 0.05) is 19.0 Å². The number of ether oxygens (including phenoxy) is 1. The predicted octanol–water partition coefficient (Wildman–Crippen LogP) is 1.93. The van der Waals surface area contributed by atoms with E-state index >= 15 is 0 Å². The van der Waals surface area contributed by atoms with Crippen LogP contribution in [0.3, 0.4) is 0 Å². The predicted molar refractivity (Wildman–Crippen MR) is 90.5 cm³/mol. The first-order valence-corrected chi connectivity index (χ1v) is 8.86. The zero-order valence-electron chi connectivity index (χ0n) is 13.3. The molecule has 0 spiro atoms. The van der Waals surface area contributed by atoms with Crippen molar-refractivity contribution in [2.24, 2.45) is 0 Å². The van der Waals surface area contributed by atoms with Gasteiger partial charge < -0.3 is 15.2 Å². The minimum Gasteiger partial charge on any atom is -0.481 e. The molecule has 24 heavy (non-hydrogen) atoms. The fourth-order valence-corrected chi connectivity index (χ4v) is 3.45. The highest BCUT2D eigenvalue weighted by Gasteiger charge is 2.36. The Morgan fingerprint density at radius 2 is 1.96 bits per heavy atom. The molecule has 1 aliphatic heterocycles. The van der Waals surface area contributed by atoms with Crippen LogP contribution in [-0.2, 0) is 20.1 Å². The van der Waals surface area contributed by atoms with Crippen molar-refractivity contribution < 1.29 is 19.4 Å². The molecule has 0 aliphatic carbocycles. The fourth-order valence-electron chi connectivity index (χ4n) is 2.67. The average molecular weight is 348 g/mol. The Balaban J connectivity index is 1.82. The Morgan fingerprint density at radius 1 is 1.29 bits per heavy atom. The number of rotatable bonds is 7. The lowest BCUT2D eigenvalue weighted by Gasteiger charge is -2.36. The molecule has 128 valence electrons. The van der Waals surface area contributed by atoms with Crippen molar-refractivity contribution in [2.45, 2.75) is 30.6 Å². The van der Waals surface area contributed by atoms with Crippen molar-refractivity contribution >= 4 is 23.6 Å². The molecular weight excluding hydrogens is 328 g/mol. The fraction of sp³-hybridized carbons (Fsp3) is 0.471. The minimum absolute atomic E-state index is 0.0810. The van der Waals surface area contributed by atoms with Gasteiger partial charge in [-0.05, 0) is 30.5 Å². The summed E-state index contributed by atoms with van der Waals surface area (Å²) in [5.41, 5.74) is 0.950. The van der Waals surface area contributed by atoms with Crippen molar-refractivity contribution in [2.75, 3.05) is 19.0 Å². The van der Waals surface area contributed by atoms with Gasteiger partial charge in [0.05, 0.1) is 29.3 Å². The second-order valence-corrected chi connectivity index (χ2v) is 6.80. The van der Waals surface area contributed by atoms with Crippen LogP contribution in [0, 0.1) is 11.3 Å². The maximum absolute atomic E-state index is 12.2. The summed E-state index contributed by atoms with van der Waals surface area (Å²) in [6.07, 6.45) is 0.957. The molecule has 7 heteroatoms. The number of aliphatic carboxylic acids is 1. The van der Waals surface area contributed by atoms with Crippen LogP contribution in [0.15, 0.2) is 24.3 Å². The first-order valence-electron chi connectivity index (χ1n) is 7.70. The summed E-state index contributed by atoms with van der Waals surface area (Å²) in [7, 11) is 0. The summed E-state index contributed by atoms with van der Waals surface area (Å²) >= 11 is 1.46. The average Bonchev–Trinajstić information content (AvgIpc) is 2.55. The monoisotopic (exact) mass is 348 g/mol. The first kappa shape index (κ1) is 18.3. The van der Waals surface area contributed by atoms with E-state index in [1.165, 1.54) is 11.8 Å². The Hall–Kier alpha value is -2.04. The number of nitrogens with zero attached hydrogens (tertiary/aromatic N) is 1. The van der Waals surface area contributed by atoms with Crippen molar-refractivity contribution in [1.29, 1.82) is 5.26 Å². The maximum Gasteiger partial charge on any atom is 0.305 e. The number of thioether (sulfide) groups is 1. The third kappa shape index (κ3) is 5.55. The van der Waals surface area contributed by atoms with E-state index in [1.807, 2.05) is 12.1 Å². The number of amides is 1. The van der Waals surface area contributed by atoms with Crippen molar-refractivity contribution in [3.63, 3.8) is 0 Å². The van der Waals surface area contributed by atoms with Gasteiger partial charge in [-0.15, -0.1) is 11.8 Å². The topological polar surface area (TPSA) is 99.4 Å². The van der Waals surface area contributed by atoms with Crippen LogP contribution in [-0.4, -0.2) is 41.5 Å². The molecule has 1 aliphatic rings. The summed E-state index contributed by atoms with van der Waals surface area (Å²) in [4.78, 5) is 23.3. The zero-order valence-corrected chi connectivity index (χ0v) is 14.1. The molecule has 1 saturated heterocycles. The number of carbonyl (C=O) groups excluding carboxylic acids is 1. The molecule has 6 nitrogen and oxygen atoms in total. The second kappa shape index (κ2) is 8.71. The number of carboxylic acids is 1. The van der Waals surface area contributed by atoms with Gasteiger partial charge in [-0.25, -0.2) is 0 Å². The van der Waals surface area contributed by atoms with Gasteiger partial charge in [-0.1, -0.05) is 12.1 Å². The van der Waals surface area contributed by atoms with Crippen LogP contribution >= 0.6 is 11.8 Å². The molecule has 2 N–H and O–H groups in total. The maximum atomic E-state index is 12.2. The Morgan fingerprint density at radius 3 is 2.54 bits per heavy atom. The normalized spacial score (nSPS) is 16.1. The third-order valence-electron chi connectivity index (χ3n) is 3.93. The Labute approximate surface area is 145 Å². The van der Waals surface area contributed by atoms with Gasteiger partial charge in [-0.3, -0.25) is 9.59 Å². The van der Waals surface area contributed by atoms with Crippen molar-refractivity contribution in [3.05, 3.63) is 35.4 Å². The first-order chi connectivity index (χ1) is 11.5. The molecule has 0 radical (unpaired) electrons. The number of hydrogen-bond acceptors (Lipinski definition) is 5. The van der Waals surface area contributed by atoms with E-state index in [-0.39, 0.29) is 18.1 Å². The van der Waals surface area contributed by atoms with Crippen molar-refractivity contribution in [1.82, 2.24) is 5.32 Å². The lowest BCUT2D eigenvalue weighted by Crippen LogP contribution is -2.53. The van der Waals surface area contributed by atoms with Gasteiger partial charge in [0.2, 0.25) is 5.91 Å². The smallest absolute Gasteiger partial charge is 0.305 e. The van der Waals surface area contributed by atoms with E-state index < -0.39 is 11.5 Å². The molecule has 1 fully saturated rings. The quantitative estimate of drug-likeness (QED) is 0.781. The van der Waals surface area contributed by atoms with E-state index in [1.54, 1.807) is 12.1 Å². The van der Waals surface area contributed by atoms with E-state index in [9.17, 15) is 9.59 Å². The van der Waals surface area contributed by atoms with E-state index in [0.29, 0.717) is 37.4 Å². The van der Waals surface area contributed by atoms with Gasteiger partial charge >= 0.3 is 5.97 Å². The van der Waals surface area contributed by atoms with Crippen molar-refractivity contribution in [3.8, 4) is 6.07 Å². The molecule has 2 rings (SSSR count). The highest BCUT2D eigenvalue weighted by Crippen LogP contribution is 2.25. The van der Waals surface area contributed by atoms with Gasteiger partial charge in [0.1, 0.15) is 0 Å². The molecule has 0 saturated carbocycles. The molecule has 0 atom stereocenters. The summed E-state index contributed by atoms with van der Waals surface area (Å²) in [6, 6.07) is 9.30. The highest BCUT2D eigenvalue weighted by atomic mass is 32.2. The minimum atomic E-state index is -0.914. The molecule has 1 heterocycles. The van der Waals surface area contributed by atoms with E-state index in [0.717, 1.165) is 5.56 Å². The number of carboxylic acid groups (broad SMARTS) is 1. The Kier molecular flexibility index (Phi) is 6.64. The van der Waals surface area contributed by atoms with E-state index in [2.05, 4.69) is 11.4 Å². The van der Waals surface area contributed by atoms with Gasteiger partial charge in [0.15, 0.2) is 0 Å². The molecular formula is C17H20N2O4S. The van der Waals surface area contributed by atoms with E-state index in [4.69, 9.17) is 15.1 Å². The molecule has 1 amide bonds. The highest BCUT2D eigenvalue weighted by molar-refractivity contribution is 7.99. The van der Waals surface area contributed by atoms with Gasteiger partial charge in [0.25, 0.3) is 0 Å². The molecule has 0 aromatic heterocycles. The largest absolute Gasteiger partial charge is 0.481 e. The Bertz CT molecular complexity index is 618. The molecule has 1 aromatic rings. The van der Waals surface area contributed by atoms with Crippen LogP contribution in [0.5, 0.6) is 0 Å². The lowest BCUT2D eigenvalue weighted by molar-refractivity contribution is -0.140. The molecule has 0 unspecified atom stereocenters. The SMILES string of the molecule is N#Cc1ccc(CSCC(=O)NC2(CC(=O)O)CCOCC2)cc1. The van der Waals surface area contributed by atoms with Crippen LogP contribution < -0.4 is 5.32 Å². The van der Waals surface area contributed by atoms with Crippen LogP contribution in [0.1, 0.15) is 30.4 Å².